The van der Waals surface area contributed by atoms with Gasteiger partial charge in [-0.1, -0.05) is 12.1 Å². The minimum atomic E-state index is 0.249. The number of fused-ring (bicyclic) bond motifs is 3. The van der Waals surface area contributed by atoms with Crippen molar-refractivity contribution in [2.45, 2.75) is 62.7 Å². The number of hydrogen-bond donors (Lipinski definition) is 3. The van der Waals surface area contributed by atoms with Gasteiger partial charge in [0.2, 0.25) is 0 Å². The maximum absolute atomic E-state index is 10.3. The minimum Gasteiger partial charge on any atom is -0.507 e. The summed E-state index contributed by atoms with van der Waals surface area (Å²) in [5.74, 6) is 1.11. The van der Waals surface area contributed by atoms with Gasteiger partial charge in [0, 0.05) is 76.0 Å². The number of aromatic nitrogens is 2. The topological polar surface area (TPSA) is 83.0 Å². The summed E-state index contributed by atoms with van der Waals surface area (Å²) >= 11 is 0. The van der Waals surface area contributed by atoms with E-state index in [2.05, 4.69) is 46.5 Å². The predicted molar refractivity (Wildman–Crippen MR) is 160 cm³/mol. The normalized spacial score (nSPS) is 31.4. The Morgan fingerprint density at radius 2 is 1.54 bits per heavy atom. The second kappa shape index (κ2) is 9.27. The average Bonchev–Trinajstić information content (AvgIpc) is 2.90. The molecule has 0 unspecified atom stereocenters. The molecule has 9 heteroatoms. The van der Waals surface area contributed by atoms with Crippen LogP contribution in [0.15, 0.2) is 30.3 Å². The van der Waals surface area contributed by atoms with Crippen LogP contribution in [0.2, 0.25) is 0 Å². The fourth-order valence-electron chi connectivity index (χ4n) is 9.58. The molecule has 2 spiro atoms. The monoisotopic (exact) mass is 556 g/mol. The summed E-state index contributed by atoms with van der Waals surface area (Å²) in [6.45, 7) is 12.1. The van der Waals surface area contributed by atoms with E-state index in [9.17, 15) is 5.11 Å². The van der Waals surface area contributed by atoms with Gasteiger partial charge in [0.05, 0.1) is 17.4 Å². The Morgan fingerprint density at radius 3 is 2.29 bits per heavy atom. The highest BCUT2D eigenvalue weighted by Crippen LogP contribution is 2.52. The Hall–Kier alpha value is -2.46. The summed E-state index contributed by atoms with van der Waals surface area (Å²) in [5.41, 5.74) is 3.90. The molecule has 9 nitrogen and oxygen atoms in total. The zero-order chi connectivity index (χ0) is 27.2. The highest BCUT2D eigenvalue weighted by Gasteiger charge is 2.56. The predicted octanol–water partition coefficient (Wildman–Crippen LogP) is 2.45. The van der Waals surface area contributed by atoms with Gasteiger partial charge in [-0.15, -0.1) is 10.2 Å². The lowest BCUT2D eigenvalue weighted by atomic mass is 9.59. The lowest BCUT2D eigenvalue weighted by Crippen LogP contribution is -2.71. The zero-order valence-corrected chi connectivity index (χ0v) is 24.1. The molecule has 4 saturated heterocycles. The van der Waals surface area contributed by atoms with E-state index in [4.69, 9.17) is 0 Å². The van der Waals surface area contributed by atoms with Crippen LogP contribution in [0, 0.1) is 10.8 Å². The second-order valence-electron chi connectivity index (χ2n) is 14.6. The van der Waals surface area contributed by atoms with Crippen molar-refractivity contribution in [1.29, 1.82) is 0 Å². The van der Waals surface area contributed by atoms with Crippen LogP contribution in [0.5, 0.6) is 5.75 Å². The minimum absolute atomic E-state index is 0.249. The van der Waals surface area contributed by atoms with E-state index in [1.54, 1.807) is 6.07 Å². The van der Waals surface area contributed by atoms with Crippen LogP contribution in [-0.4, -0.2) is 120 Å². The molecule has 6 heterocycles. The van der Waals surface area contributed by atoms with E-state index in [1.807, 2.05) is 18.2 Å². The summed E-state index contributed by atoms with van der Waals surface area (Å²) in [5, 5.41) is 26.3. The van der Waals surface area contributed by atoms with E-state index >= 15 is 0 Å². The number of hydrogen-bond acceptors (Lipinski definition) is 9. The molecule has 5 aliphatic heterocycles. The number of aromatic hydroxyl groups is 1. The molecular weight excluding hydrogens is 512 g/mol. The lowest BCUT2D eigenvalue weighted by molar-refractivity contribution is -0.136. The van der Waals surface area contributed by atoms with E-state index < -0.39 is 0 Å². The summed E-state index contributed by atoms with van der Waals surface area (Å²) in [4.78, 5) is 11.0. The Morgan fingerprint density at radius 1 is 0.780 bits per heavy atom. The highest BCUT2D eigenvalue weighted by atomic mass is 16.3. The van der Waals surface area contributed by atoms with Gasteiger partial charge in [-0.2, -0.15) is 0 Å². The first kappa shape index (κ1) is 25.1. The van der Waals surface area contributed by atoms with Crippen LogP contribution in [0.3, 0.4) is 0 Å². The highest BCUT2D eigenvalue weighted by molar-refractivity contribution is 5.76. The molecule has 0 amide bonds. The van der Waals surface area contributed by atoms with Gasteiger partial charge in [0.15, 0.2) is 5.82 Å². The standard InChI is InChI=1S/C32H44N8O/c41-29-4-2-1-3-26(29)27-11-28-30(36-35-27)34-16-25-17-38(9-10-40(25)28)24-14-32(15-24)20-39(21-32)22-5-7-37(8-6-22)23-12-31(13-23)18-33-19-31/h1-4,11,22-25,33,41H,5-10,12-21H2,(H,34,36)/t25-/m0/s1. The summed E-state index contributed by atoms with van der Waals surface area (Å²) in [7, 11) is 0. The molecule has 1 aromatic carbocycles. The van der Waals surface area contributed by atoms with Gasteiger partial charge in [0.25, 0.3) is 0 Å². The van der Waals surface area contributed by atoms with Gasteiger partial charge in [-0.25, -0.2) is 0 Å². The summed E-state index contributed by atoms with van der Waals surface area (Å²) in [6, 6.07) is 12.4. The molecular formula is C32H44N8O. The molecule has 3 N–H and O–H groups in total. The fraction of sp³-hybridized carbons (Fsp3) is 0.688. The van der Waals surface area contributed by atoms with Gasteiger partial charge in [-0.05, 0) is 80.6 Å². The number of likely N-dealkylation sites (tertiary alicyclic amines) is 2. The van der Waals surface area contributed by atoms with Crippen molar-refractivity contribution in [1.82, 2.24) is 30.2 Å². The van der Waals surface area contributed by atoms with Crippen molar-refractivity contribution < 1.29 is 5.11 Å². The zero-order valence-electron chi connectivity index (χ0n) is 24.1. The van der Waals surface area contributed by atoms with E-state index in [1.165, 1.54) is 77.8 Å². The molecule has 2 aliphatic carbocycles. The van der Waals surface area contributed by atoms with Crippen LogP contribution in [-0.2, 0) is 0 Å². The molecule has 9 rings (SSSR count). The molecule has 1 atom stereocenters. The first-order chi connectivity index (χ1) is 20.1. The Bertz CT molecular complexity index is 1300. The number of nitrogens with one attached hydrogen (secondary N) is 2. The molecule has 6 fully saturated rings. The number of phenols is 1. The Labute approximate surface area is 243 Å². The fourth-order valence-corrected chi connectivity index (χ4v) is 9.58. The van der Waals surface area contributed by atoms with Crippen molar-refractivity contribution in [3.8, 4) is 17.0 Å². The number of piperazine rings is 1. The third-order valence-corrected chi connectivity index (χ3v) is 12.1. The van der Waals surface area contributed by atoms with Gasteiger partial charge in [0.1, 0.15) is 5.75 Å². The Kier molecular flexibility index (Phi) is 5.67. The van der Waals surface area contributed by atoms with E-state index in [0.717, 1.165) is 67.1 Å². The smallest absolute Gasteiger partial charge is 0.172 e. The van der Waals surface area contributed by atoms with Crippen LogP contribution in [0.1, 0.15) is 38.5 Å². The van der Waals surface area contributed by atoms with Crippen molar-refractivity contribution >= 4 is 11.5 Å². The molecule has 218 valence electrons. The van der Waals surface area contributed by atoms with E-state index in [-0.39, 0.29) is 5.75 Å². The van der Waals surface area contributed by atoms with Crippen LogP contribution >= 0.6 is 0 Å². The lowest BCUT2D eigenvalue weighted by Gasteiger charge is -2.64. The van der Waals surface area contributed by atoms with Crippen LogP contribution in [0.4, 0.5) is 11.5 Å². The maximum Gasteiger partial charge on any atom is 0.172 e. The van der Waals surface area contributed by atoms with E-state index in [0.29, 0.717) is 16.9 Å². The molecule has 0 bridgehead atoms. The van der Waals surface area contributed by atoms with Crippen molar-refractivity contribution in [2.75, 3.05) is 75.7 Å². The first-order valence-electron chi connectivity index (χ1n) is 16.2. The largest absolute Gasteiger partial charge is 0.507 e. The molecule has 2 aromatic rings. The number of phenolic OH excluding ortho intramolecular Hbond substituents is 1. The third kappa shape index (κ3) is 4.10. The SMILES string of the molecule is Oc1ccccc1-c1cc2c(nn1)NC[C@H]1CN(C3CC4(C3)CN(C3CCN(C5CC6(CNC6)C5)CC3)C4)CCN21. The van der Waals surface area contributed by atoms with Crippen molar-refractivity contribution in [3.63, 3.8) is 0 Å². The maximum atomic E-state index is 10.3. The van der Waals surface area contributed by atoms with Crippen molar-refractivity contribution in [3.05, 3.63) is 30.3 Å². The summed E-state index contributed by atoms with van der Waals surface area (Å²) in [6.07, 6.45) is 8.44. The van der Waals surface area contributed by atoms with Crippen molar-refractivity contribution in [2.24, 2.45) is 10.8 Å². The second-order valence-corrected chi connectivity index (χ2v) is 14.6. The van der Waals surface area contributed by atoms with Gasteiger partial charge in [-0.3, -0.25) is 9.80 Å². The molecule has 1 aromatic heterocycles. The number of nitrogens with zero attached hydrogens (tertiary/aromatic N) is 6. The molecule has 0 radical (unpaired) electrons. The number of rotatable bonds is 4. The Balaban J connectivity index is 0.766. The number of anilines is 2. The van der Waals surface area contributed by atoms with Crippen LogP contribution in [0.25, 0.3) is 11.3 Å². The molecule has 2 saturated carbocycles. The number of benzene rings is 1. The molecule has 7 aliphatic rings. The van der Waals surface area contributed by atoms with Crippen LogP contribution < -0.4 is 15.5 Å². The summed E-state index contributed by atoms with van der Waals surface area (Å²) < 4.78 is 0. The number of piperidine rings is 1. The third-order valence-electron chi connectivity index (χ3n) is 12.1. The van der Waals surface area contributed by atoms with Gasteiger partial charge >= 0.3 is 0 Å². The van der Waals surface area contributed by atoms with Gasteiger partial charge < -0.3 is 25.5 Å². The first-order valence-corrected chi connectivity index (χ1v) is 16.2. The number of para-hydroxylation sites is 1. The molecule has 41 heavy (non-hydrogen) atoms. The average molecular weight is 557 g/mol. The quantitative estimate of drug-likeness (QED) is 0.526.